The topological polar surface area (TPSA) is 54.1 Å². The second-order valence-corrected chi connectivity index (χ2v) is 10.8. The van der Waals surface area contributed by atoms with E-state index in [0.29, 0.717) is 24.3 Å². The lowest BCUT2D eigenvalue weighted by Gasteiger charge is -2.20. The summed E-state index contributed by atoms with van der Waals surface area (Å²) in [6, 6.07) is 15.3. The van der Waals surface area contributed by atoms with E-state index in [2.05, 4.69) is 81.3 Å². The lowest BCUT2D eigenvalue weighted by Crippen LogP contribution is -2.32. The first kappa shape index (κ1) is 24.9. The first-order valence-corrected chi connectivity index (χ1v) is 12.1. The Kier molecular flexibility index (Phi) is 7.56. The molecule has 0 spiro atoms. The molecule has 0 radical (unpaired) electrons. The highest BCUT2D eigenvalue weighted by atomic mass is 16.6. The number of aromatic amines is 1. The van der Waals surface area contributed by atoms with Crippen molar-refractivity contribution in [2.24, 2.45) is 5.92 Å². The van der Waals surface area contributed by atoms with Crippen molar-refractivity contribution >= 4 is 17.0 Å². The van der Waals surface area contributed by atoms with Crippen LogP contribution in [0, 0.1) is 12.8 Å². The number of nitrogens with one attached hydrogen (secondary N) is 2. The number of hydrogen-bond acceptors (Lipinski definition) is 2. The van der Waals surface area contributed by atoms with Crippen LogP contribution in [0.15, 0.2) is 42.5 Å². The Labute approximate surface area is 199 Å². The van der Waals surface area contributed by atoms with Gasteiger partial charge in [-0.25, -0.2) is 4.79 Å². The van der Waals surface area contributed by atoms with Crippen LogP contribution >= 0.6 is 0 Å². The van der Waals surface area contributed by atoms with Gasteiger partial charge >= 0.3 is 6.09 Å². The van der Waals surface area contributed by atoms with Crippen molar-refractivity contribution in [1.82, 2.24) is 10.3 Å². The molecule has 0 saturated heterocycles. The number of amides is 1. The van der Waals surface area contributed by atoms with E-state index < -0.39 is 5.60 Å². The predicted octanol–water partition coefficient (Wildman–Crippen LogP) is 7.61. The van der Waals surface area contributed by atoms with Crippen molar-refractivity contribution in [1.29, 1.82) is 0 Å². The minimum Gasteiger partial charge on any atom is -0.444 e. The number of carbonyl (C=O) groups excluding carboxylic acids is 1. The number of alkyl carbamates (subject to hydrolysis) is 1. The van der Waals surface area contributed by atoms with Gasteiger partial charge in [0.1, 0.15) is 5.60 Å². The zero-order valence-electron chi connectivity index (χ0n) is 21.5. The molecular weight excluding hydrogens is 408 g/mol. The van der Waals surface area contributed by atoms with Crippen molar-refractivity contribution in [2.75, 3.05) is 0 Å². The van der Waals surface area contributed by atoms with E-state index in [1.807, 2.05) is 26.8 Å². The number of carbonyl (C=O) groups is 1. The van der Waals surface area contributed by atoms with Gasteiger partial charge in [-0.1, -0.05) is 58.0 Å². The molecule has 1 aromatic heterocycles. The number of ether oxygens (including phenoxy) is 1. The van der Waals surface area contributed by atoms with Gasteiger partial charge in [0.2, 0.25) is 0 Å². The molecule has 0 fully saturated rings. The predicted molar refractivity (Wildman–Crippen MR) is 138 cm³/mol. The van der Waals surface area contributed by atoms with Crippen molar-refractivity contribution in [3.8, 4) is 0 Å². The summed E-state index contributed by atoms with van der Waals surface area (Å²) in [5, 5.41) is 4.18. The molecule has 0 aliphatic carbocycles. The number of aromatic nitrogens is 1. The van der Waals surface area contributed by atoms with Gasteiger partial charge in [0.25, 0.3) is 0 Å². The first-order valence-electron chi connectivity index (χ1n) is 12.1. The van der Waals surface area contributed by atoms with Gasteiger partial charge in [-0.3, -0.25) is 0 Å². The Morgan fingerprint density at radius 1 is 1.03 bits per heavy atom. The van der Waals surface area contributed by atoms with E-state index >= 15 is 0 Å². The fourth-order valence-corrected chi connectivity index (χ4v) is 4.28. The summed E-state index contributed by atoms with van der Waals surface area (Å²) in [7, 11) is 0. The third-order valence-electron chi connectivity index (χ3n) is 6.51. The van der Waals surface area contributed by atoms with Crippen LogP contribution in [0.3, 0.4) is 0 Å². The number of benzene rings is 2. The van der Waals surface area contributed by atoms with Crippen LogP contribution in [0.4, 0.5) is 4.79 Å². The molecule has 2 aromatic carbocycles. The fraction of sp³-hybridized carbons (Fsp3) is 0.483. The standard InChI is InChI=1S/C29H40N2O2/c1-18(2)20(4)27-21(5)25-16-22(12-13-26(25)31-27)14-19(3)24-11-9-10-23(15-24)17-30-28(32)33-29(6,7)8/h9-13,15-16,18-20,31H,14,17H2,1-8H3,(H,30,32). The highest BCUT2D eigenvalue weighted by Gasteiger charge is 2.18. The summed E-state index contributed by atoms with van der Waals surface area (Å²) in [6.45, 7) is 17.4. The molecule has 4 heteroatoms. The second kappa shape index (κ2) is 10.0. The molecule has 33 heavy (non-hydrogen) atoms. The third kappa shape index (κ3) is 6.40. The zero-order chi connectivity index (χ0) is 24.3. The van der Waals surface area contributed by atoms with E-state index in [-0.39, 0.29) is 6.09 Å². The molecular formula is C29H40N2O2. The van der Waals surface area contributed by atoms with Crippen LogP contribution in [0.5, 0.6) is 0 Å². The van der Waals surface area contributed by atoms with Gasteiger partial charge in [0, 0.05) is 23.1 Å². The molecule has 2 unspecified atom stereocenters. The summed E-state index contributed by atoms with van der Waals surface area (Å²) >= 11 is 0. The normalized spacial score (nSPS) is 13.8. The Morgan fingerprint density at radius 2 is 1.76 bits per heavy atom. The molecule has 3 aromatic rings. The molecule has 1 heterocycles. The van der Waals surface area contributed by atoms with Gasteiger partial charge in [0.05, 0.1) is 0 Å². The average molecular weight is 449 g/mol. The lowest BCUT2D eigenvalue weighted by atomic mass is 9.90. The molecule has 0 aliphatic heterocycles. The quantitative estimate of drug-likeness (QED) is 0.391. The van der Waals surface area contributed by atoms with Gasteiger partial charge in [-0.05, 0) is 86.3 Å². The number of H-pyrrole nitrogens is 1. The van der Waals surface area contributed by atoms with E-state index in [4.69, 9.17) is 4.74 Å². The SMILES string of the molecule is Cc1c(C(C)C(C)C)[nH]c2ccc(CC(C)c3cccc(CNC(=O)OC(C)(C)C)c3)cc12. The summed E-state index contributed by atoms with van der Waals surface area (Å²) in [5.41, 5.74) is 7.16. The van der Waals surface area contributed by atoms with Crippen molar-refractivity contribution in [3.63, 3.8) is 0 Å². The number of fused-ring (bicyclic) bond motifs is 1. The zero-order valence-corrected chi connectivity index (χ0v) is 21.5. The molecule has 0 saturated carbocycles. The van der Waals surface area contributed by atoms with Crippen molar-refractivity contribution < 1.29 is 9.53 Å². The summed E-state index contributed by atoms with van der Waals surface area (Å²) in [6.07, 6.45) is 0.584. The number of aryl methyl sites for hydroxylation is 1. The molecule has 3 rings (SSSR count). The lowest BCUT2D eigenvalue weighted by molar-refractivity contribution is 0.0523. The Balaban J connectivity index is 1.71. The number of rotatable bonds is 7. The maximum absolute atomic E-state index is 12.0. The minimum absolute atomic E-state index is 0.372. The number of hydrogen-bond donors (Lipinski definition) is 2. The van der Waals surface area contributed by atoms with Crippen molar-refractivity contribution in [3.05, 3.63) is 70.4 Å². The fourth-order valence-electron chi connectivity index (χ4n) is 4.28. The van der Waals surface area contributed by atoms with Gasteiger partial charge in [-0.15, -0.1) is 0 Å². The van der Waals surface area contributed by atoms with Crippen LogP contribution in [0.25, 0.3) is 10.9 Å². The minimum atomic E-state index is -0.493. The van der Waals surface area contributed by atoms with Crippen molar-refractivity contribution in [2.45, 2.75) is 85.8 Å². The third-order valence-corrected chi connectivity index (χ3v) is 6.51. The highest BCUT2D eigenvalue weighted by molar-refractivity contribution is 5.85. The highest BCUT2D eigenvalue weighted by Crippen LogP contribution is 2.32. The first-order chi connectivity index (χ1) is 15.4. The maximum Gasteiger partial charge on any atom is 0.407 e. The van der Waals surface area contributed by atoms with Gasteiger partial charge in [0.15, 0.2) is 0 Å². The summed E-state index contributed by atoms with van der Waals surface area (Å²) < 4.78 is 5.34. The van der Waals surface area contributed by atoms with E-state index in [1.54, 1.807) is 0 Å². The van der Waals surface area contributed by atoms with E-state index in [1.165, 1.54) is 33.3 Å². The molecule has 0 bridgehead atoms. The van der Waals surface area contributed by atoms with Crippen LogP contribution in [-0.2, 0) is 17.7 Å². The molecule has 178 valence electrons. The van der Waals surface area contributed by atoms with Crippen LogP contribution in [0.1, 0.15) is 88.2 Å². The van der Waals surface area contributed by atoms with Gasteiger partial charge in [-0.2, -0.15) is 0 Å². The van der Waals surface area contributed by atoms with E-state index in [0.717, 1.165) is 12.0 Å². The molecule has 4 nitrogen and oxygen atoms in total. The van der Waals surface area contributed by atoms with E-state index in [9.17, 15) is 4.79 Å². The Hall–Kier alpha value is -2.75. The summed E-state index contributed by atoms with van der Waals surface area (Å²) in [5.74, 6) is 1.49. The molecule has 2 N–H and O–H groups in total. The van der Waals surface area contributed by atoms with Gasteiger partial charge < -0.3 is 15.0 Å². The molecule has 2 atom stereocenters. The monoisotopic (exact) mass is 448 g/mol. The molecule has 1 amide bonds. The average Bonchev–Trinajstić information content (AvgIpc) is 3.06. The Morgan fingerprint density at radius 3 is 2.42 bits per heavy atom. The van der Waals surface area contributed by atoms with Crippen LogP contribution < -0.4 is 5.32 Å². The second-order valence-electron chi connectivity index (χ2n) is 10.8. The van der Waals surface area contributed by atoms with Crippen LogP contribution in [0.2, 0.25) is 0 Å². The largest absolute Gasteiger partial charge is 0.444 e. The smallest absolute Gasteiger partial charge is 0.407 e. The molecule has 0 aliphatic rings. The summed E-state index contributed by atoms with van der Waals surface area (Å²) in [4.78, 5) is 15.6. The van der Waals surface area contributed by atoms with Crippen LogP contribution in [-0.4, -0.2) is 16.7 Å². The maximum atomic E-state index is 12.0. The Bertz CT molecular complexity index is 1100.